The Morgan fingerprint density at radius 1 is 1.11 bits per heavy atom. The van der Waals surface area contributed by atoms with Crippen molar-refractivity contribution in [2.24, 2.45) is 0 Å². The number of hydrogen-bond acceptors (Lipinski definition) is 5. The van der Waals surface area contributed by atoms with Crippen molar-refractivity contribution in [2.75, 3.05) is 5.73 Å². The molecule has 0 aliphatic carbocycles. The van der Waals surface area contributed by atoms with Crippen molar-refractivity contribution < 1.29 is 9.59 Å². The van der Waals surface area contributed by atoms with Crippen molar-refractivity contribution in [3.8, 4) is 0 Å². The van der Waals surface area contributed by atoms with Crippen molar-refractivity contribution in [3.05, 3.63) is 16.2 Å². The molecule has 2 heterocycles. The number of amides is 2. The number of nitrogens with one attached hydrogen (secondary N) is 1. The number of benzene rings is 1. The Kier molecular flexibility index (Phi) is 4.40. The highest BCUT2D eigenvalue weighted by Gasteiger charge is 2.47. The minimum Gasteiger partial charge on any atom is -0.398 e. The molecule has 2 atom stereocenters. The first-order valence-electron chi connectivity index (χ1n) is 9.04. The highest BCUT2D eigenvalue weighted by molar-refractivity contribution is 6.61. The van der Waals surface area contributed by atoms with Gasteiger partial charge in [0.15, 0.2) is 0 Å². The molecule has 1 aromatic heterocycles. The lowest BCUT2D eigenvalue weighted by molar-refractivity contribution is -0.136. The number of aromatic nitrogens is 2. The Morgan fingerprint density at radius 3 is 2.30 bits per heavy atom. The number of rotatable bonds is 1. The van der Waals surface area contributed by atoms with E-state index in [1.165, 1.54) is 4.57 Å². The molecule has 2 unspecified atom stereocenters. The lowest BCUT2D eigenvalue weighted by Gasteiger charge is -2.41. The van der Waals surface area contributed by atoms with Crippen LogP contribution < -0.4 is 33.0 Å². The lowest BCUT2D eigenvalue weighted by Crippen LogP contribution is -2.55. The van der Waals surface area contributed by atoms with E-state index >= 15 is 0 Å². The highest BCUT2D eigenvalue weighted by Crippen LogP contribution is 2.42. The summed E-state index contributed by atoms with van der Waals surface area (Å²) in [6, 6.07) is -0.830. The molecule has 13 heteroatoms. The molecule has 0 bridgehead atoms. The number of aryl methyl sites for hydroxylation is 1. The van der Waals surface area contributed by atoms with E-state index in [-0.39, 0.29) is 17.3 Å². The standard InChI is InChI=1S/C14H20B6N4O3/c1-2-22-8-3(7(21)5(16)4(15)6(8)17)12(26)24(2)9-10(18)14(19,20)13(27)23-11(9)25/h9-10H,15-21H2,1H3,(H,23,25,27). The Hall–Kier alpha value is -2.31. The minimum atomic E-state index is -0.830. The van der Waals surface area contributed by atoms with Gasteiger partial charge in [0.1, 0.15) is 58.9 Å². The molecule has 3 rings (SSSR count). The van der Waals surface area contributed by atoms with Crippen molar-refractivity contribution in [1.29, 1.82) is 0 Å². The molecule has 1 saturated heterocycles. The van der Waals surface area contributed by atoms with E-state index in [0.717, 1.165) is 16.4 Å². The number of nitrogens with two attached hydrogens (primary N) is 1. The van der Waals surface area contributed by atoms with Crippen molar-refractivity contribution in [1.82, 2.24) is 14.9 Å². The molecular weight excluding hydrogens is 337 g/mol. The monoisotopic (exact) mass is 358 g/mol. The van der Waals surface area contributed by atoms with Gasteiger partial charge in [0, 0.05) is 5.69 Å². The molecule has 3 N–H and O–H groups in total. The van der Waals surface area contributed by atoms with E-state index in [4.69, 9.17) is 5.73 Å². The summed E-state index contributed by atoms with van der Waals surface area (Å²) in [5.41, 5.74) is 9.62. The first kappa shape index (κ1) is 19.5. The predicted octanol–water partition coefficient (Wildman–Crippen LogP) is -7.94. The molecule has 1 aliphatic heterocycles. The van der Waals surface area contributed by atoms with Crippen LogP contribution in [0.3, 0.4) is 0 Å². The number of imide groups is 1. The molecule has 0 spiro atoms. The molecule has 2 aromatic rings. The SMILES string of the molecule is Bc1c(B)c(N)c2c(=O)n(C3C(=O)NC(=O)C(B)(B)C3B)c(C)nc2c1B. The first-order valence-corrected chi connectivity index (χ1v) is 9.04. The summed E-state index contributed by atoms with van der Waals surface area (Å²) < 4.78 is 1.39. The number of carbonyl (C=O) groups is 2. The first-order chi connectivity index (χ1) is 12.4. The minimum absolute atomic E-state index is 0.330. The molecule has 1 fully saturated rings. The van der Waals surface area contributed by atoms with E-state index in [2.05, 4.69) is 10.3 Å². The number of anilines is 1. The van der Waals surface area contributed by atoms with Gasteiger partial charge in [-0.15, -0.1) is 0 Å². The molecule has 1 aliphatic rings. The van der Waals surface area contributed by atoms with Crippen LogP contribution in [0.2, 0.25) is 11.0 Å². The van der Waals surface area contributed by atoms with E-state index < -0.39 is 17.2 Å². The summed E-state index contributed by atoms with van der Waals surface area (Å²) in [6.07, 6.45) is 0. The van der Waals surface area contributed by atoms with Gasteiger partial charge >= 0.3 is 0 Å². The maximum absolute atomic E-state index is 13.4. The van der Waals surface area contributed by atoms with Crippen LogP contribution in [0.25, 0.3) is 10.9 Å². The van der Waals surface area contributed by atoms with Crippen LogP contribution >= 0.6 is 0 Å². The number of nitrogen functional groups attached to an aromatic ring is 1. The summed E-state index contributed by atoms with van der Waals surface area (Å²) in [4.78, 5) is 43.0. The quantitative estimate of drug-likeness (QED) is 0.300. The smallest absolute Gasteiger partial charge is 0.264 e. The van der Waals surface area contributed by atoms with Crippen molar-refractivity contribution >= 4 is 91.9 Å². The van der Waals surface area contributed by atoms with Crippen molar-refractivity contribution in [2.45, 2.75) is 24.0 Å². The predicted molar refractivity (Wildman–Crippen MR) is 124 cm³/mol. The van der Waals surface area contributed by atoms with Crippen LogP contribution in [-0.4, -0.2) is 68.4 Å². The molecule has 2 amide bonds. The average molecular weight is 357 g/mol. The van der Waals surface area contributed by atoms with Crippen LogP contribution in [0, 0.1) is 6.92 Å². The van der Waals surface area contributed by atoms with E-state index in [1.54, 1.807) is 22.6 Å². The fourth-order valence-corrected chi connectivity index (χ4v) is 3.85. The normalized spacial score (nSPS) is 22.0. The zero-order valence-corrected chi connectivity index (χ0v) is 16.9. The third-order valence-corrected chi connectivity index (χ3v) is 6.43. The molecule has 1 aromatic carbocycles. The van der Waals surface area contributed by atoms with Gasteiger partial charge in [0.05, 0.1) is 10.9 Å². The van der Waals surface area contributed by atoms with Gasteiger partial charge in [-0.1, -0.05) is 16.4 Å². The maximum atomic E-state index is 13.4. The lowest BCUT2D eigenvalue weighted by atomic mass is 9.40. The Morgan fingerprint density at radius 2 is 1.70 bits per heavy atom. The topological polar surface area (TPSA) is 107 Å². The number of fused-ring (bicyclic) bond motifs is 1. The van der Waals surface area contributed by atoms with E-state index in [9.17, 15) is 14.4 Å². The van der Waals surface area contributed by atoms with Crippen LogP contribution in [0.5, 0.6) is 0 Å². The molecule has 132 valence electrons. The summed E-state index contributed by atoms with van der Waals surface area (Å²) >= 11 is 0. The van der Waals surface area contributed by atoms with Gasteiger partial charge in [0.2, 0.25) is 11.8 Å². The van der Waals surface area contributed by atoms with E-state index in [1.807, 2.05) is 31.4 Å². The average Bonchev–Trinajstić information content (AvgIpc) is 2.59. The Balaban J connectivity index is 2.38. The number of nitrogens with zero attached hydrogens (tertiary/aromatic N) is 2. The zero-order chi connectivity index (χ0) is 20.4. The molecule has 7 nitrogen and oxygen atoms in total. The van der Waals surface area contributed by atoms with Gasteiger partial charge in [-0.3, -0.25) is 24.3 Å². The second-order valence-corrected chi connectivity index (χ2v) is 8.12. The van der Waals surface area contributed by atoms with Gasteiger partial charge in [-0.2, -0.15) is 0 Å². The molecule has 0 saturated carbocycles. The third-order valence-electron chi connectivity index (χ3n) is 6.43. The van der Waals surface area contributed by atoms with Crippen LogP contribution in [0.4, 0.5) is 5.69 Å². The maximum Gasteiger partial charge on any atom is 0.264 e. The molecular formula is C14H20B6N4O3. The number of piperidine rings is 1. The third kappa shape index (κ3) is 2.58. The van der Waals surface area contributed by atoms with Gasteiger partial charge in [-0.25, -0.2) is 4.98 Å². The molecule has 0 radical (unpaired) electrons. The zero-order valence-electron chi connectivity index (χ0n) is 16.9. The summed E-state index contributed by atoms with van der Waals surface area (Å²) in [6.45, 7) is 1.70. The highest BCUT2D eigenvalue weighted by atomic mass is 16.2. The van der Waals surface area contributed by atoms with Gasteiger partial charge < -0.3 is 5.73 Å². The summed E-state index contributed by atoms with van der Waals surface area (Å²) in [5, 5.41) is 1.93. The van der Waals surface area contributed by atoms with E-state index in [0.29, 0.717) is 22.4 Å². The van der Waals surface area contributed by atoms with Gasteiger partial charge in [-0.05, 0) is 18.0 Å². The Labute approximate surface area is 162 Å². The van der Waals surface area contributed by atoms with Crippen LogP contribution in [0.15, 0.2) is 4.79 Å². The fraction of sp³-hybridized carbons (Fsp3) is 0.286. The van der Waals surface area contributed by atoms with Crippen LogP contribution in [-0.2, 0) is 9.59 Å². The Bertz CT molecular complexity index is 1080. The van der Waals surface area contributed by atoms with Gasteiger partial charge in [0.25, 0.3) is 5.56 Å². The number of hydrogen-bond donors (Lipinski definition) is 2. The molecule has 27 heavy (non-hydrogen) atoms. The second kappa shape index (κ2) is 6.11. The fourth-order valence-electron chi connectivity index (χ4n) is 3.85. The van der Waals surface area contributed by atoms with Crippen LogP contribution in [0.1, 0.15) is 11.9 Å². The van der Waals surface area contributed by atoms with Crippen molar-refractivity contribution in [3.63, 3.8) is 0 Å². The largest absolute Gasteiger partial charge is 0.398 e. The second-order valence-electron chi connectivity index (χ2n) is 8.12. The summed E-state index contributed by atoms with van der Waals surface area (Å²) in [5.74, 6) is -0.784. The summed E-state index contributed by atoms with van der Waals surface area (Å²) in [7, 11) is 11.1. The number of carbonyl (C=O) groups excluding carboxylic acids is 2.